The number of hydrogen-bond donors (Lipinski definition) is 1. The average molecular weight is 373 g/mol. The van der Waals surface area contributed by atoms with Crippen LogP contribution >= 0.6 is 0 Å². The summed E-state index contributed by atoms with van der Waals surface area (Å²) in [5.41, 5.74) is 5.25. The molecule has 0 aliphatic heterocycles. The Morgan fingerprint density at radius 2 is 1.43 bits per heavy atom. The summed E-state index contributed by atoms with van der Waals surface area (Å²) in [5, 5.41) is 2.85. The highest BCUT2D eigenvalue weighted by Gasteiger charge is 2.09. The number of carbonyl (C=O) groups is 2. The second kappa shape index (κ2) is 8.53. The molecule has 0 unspecified atom stereocenters. The van der Waals surface area contributed by atoms with Crippen molar-refractivity contribution in [2.24, 2.45) is 0 Å². The van der Waals surface area contributed by atoms with Crippen LogP contribution in [0.1, 0.15) is 37.4 Å². The minimum Gasteiger partial charge on any atom is -0.485 e. The summed E-state index contributed by atoms with van der Waals surface area (Å²) in [6, 6.07) is 20.0. The van der Waals surface area contributed by atoms with Gasteiger partial charge in [-0.05, 0) is 74.4 Å². The molecule has 0 aromatic heterocycles. The van der Waals surface area contributed by atoms with Gasteiger partial charge in [0.15, 0.2) is 12.4 Å². The number of ether oxygens (including phenoxy) is 1. The minimum absolute atomic E-state index is 0.0302. The maximum absolute atomic E-state index is 12.3. The molecule has 28 heavy (non-hydrogen) atoms. The minimum atomic E-state index is -0.168. The number of Topliss-reactive ketones (excluding diaryl/α,β-unsaturated/α-hetero) is 1. The number of ketones is 1. The highest BCUT2D eigenvalue weighted by molar-refractivity contribution is 6.04. The van der Waals surface area contributed by atoms with E-state index in [0.29, 0.717) is 22.6 Å². The van der Waals surface area contributed by atoms with Gasteiger partial charge in [0.25, 0.3) is 5.91 Å². The van der Waals surface area contributed by atoms with Crippen LogP contribution in [0.2, 0.25) is 0 Å². The van der Waals surface area contributed by atoms with E-state index in [0.717, 1.165) is 16.7 Å². The van der Waals surface area contributed by atoms with Crippen molar-refractivity contribution < 1.29 is 14.3 Å². The molecular formula is C24H23NO3. The third-order valence-corrected chi connectivity index (χ3v) is 4.62. The molecule has 3 rings (SSSR count). The Labute approximate surface area is 165 Å². The smallest absolute Gasteiger partial charge is 0.255 e. The predicted octanol–water partition coefficient (Wildman–Crippen LogP) is 5.13. The number of anilines is 1. The molecule has 0 saturated carbocycles. The van der Waals surface area contributed by atoms with Gasteiger partial charge in [0.1, 0.15) is 5.75 Å². The lowest BCUT2D eigenvalue weighted by molar-refractivity contribution is 0.0921. The van der Waals surface area contributed by atoms with Gasteiger partial charge >= 0.3 is 0 Å². The molecule has 4 nitrogen and oxygen atoms in total. The van der Waals surface area contributed by atoms with Crippen LogP contribution in [-0.2, 0) is 0 Å². The first kappa shape index (κ1) is 19.4. The molecule has 0 heterocycles. The zero-order valence-corrected chi connectivity index (χ0v) is 16.3. The van der Waals surface area contributed by atoms with Crippen LogP contribution in [0.25, 0.3) is 0 Å². The van der Waals surface area contributed by atoms with Crippen molar-refractivity contribution in [3.8, 4) is 5.75 Å². The van der Waals surface area contributed by atoms with Crippen molar-refractivity contribution in [1.82, 2.24) is 0 Å². The third-order valence-electron chi connectivity index (χ3n) is 4.62. The molecule has 0 spiro atoms. The maximum Gasteiger partial charge on any atom is 0.255 e. The van der Waals surface area contributed by atoms with Crippen molar-refractivity contribution in [2.45, 2.75) is 20.8 Å². The number of carbonyl (C=O) groups excluding carboxylic acids is 2. The quantitative estimate of drug-likeness (QED) is 0.610. The SMILES string of the molecule is Cc1ccc(C(=O)Nc2ccc(OCC(=O)c3ccc(C)c(C)c3)cc2)cc1. The lowest BCUT2D eigenvalue weighted by Gasteiger charge is -2.09. The maximum atomic E-state index is 12.3. The monoisotopic (exact) mass is 373 g/mol. The zero-order chi connectivity index (χ0) is 20.1. The summed E-state index contributed by atoms with van der Waals surface area (Å²) in [6.07, 6.45) is 0. The highest BCUT2D eigenvalue weighted by Crippen LogP contribution is 2.18. The topological polar surface area (TPSA) is 55.4 Å². The summed E-state index contributed by atoms with van der Waals surface area (Å²) in [7, 11) is 0. The molecule has 3 aromatic rings. The molecule has 1 amide bonds. The van der Waals surface area contributed by atoms with E-state index in [-0.39, 0.29) is 18.3 Å². The molecule has 4 heteroatoms. The molecule has 0 fully saturated rings. The molecule has 0 atom stereocenters. The van der Waals surface area contributed by atoms with Crippen LogP contribution in [0.4, 0.5) is 5.69 Å². The molecule has 0 aliphatic rings. The Morgan fingerprint density at radius 3 is 2.07 bits per heavy atom. The van der Waals surface area contributed by atoms with Gasteiger partial charge in [-0.3, -0.25) is 9.59 Å². The molecule has 142 valence electrons. The van der Waals surface area contributed by atoms with Crippen LogP contribution in [0.3, 0.4) is 0 Å². The van der Waals surface area contributed by atoms with Gasteiger partial charge in [0.2, 0.25) is 0 Å². The number of nitrogens with one attached hydrogen (secondary N) is 1. The summed E-state index contributed by atoms with van der Waals surface area (Å²) in [6.45, 7) is 5.94. The molecule has 0 bridgehead atoms. The van der Waals surface area contributed by atoms with E-state index < -0.39 is 0 Å². The summed E-state index contributed by atoms with van der Waals surface area (Å²) >= 11 is 0. The van der Waals surface area contributed by atoms with Gasteiger partial charge in [0, 0.05) is 16.8 Å². The van der Waals surface area contributed by atoms with Crippen LogP contribution < -0.4 is 10.1 Å². The number of hydrogen-bond acceptors (Lipinski definition) is 3. The number of aryl methyl sites for hydroxylation is 3. The van der Waals surface area contributed by atoms with Gasteiger partial charge < -0.3 is 10.1 Å². The van der Waals surface area contributed by atoms with E-state index in [1.807, 2.05) is 51.1 Å². The fraction of sp³-hybridized carbons (Fsp3) is 0.167. The average Bonchev–Trinajstić information content (AvgIpc) is 2.69. The van der Waals surface area contributed by atoms with Crippen LogP contribution in [0.5, 0.6) is 5.75 Å². The first-order chi connectivity index (χ1) is 13.4. The lowest BCUT2D eigenvalue weighted by Crippen LogP contribution is -2.13. The van der Waals surface area contributed by atoms with E-state index in [2.05, 4.69) is 5.32 Å². The van der Waals surface area contributed by atoms with E-state index in [1.165, 1.54) is 0 Å². The Hall–Kier alpha value is -3.40. The Kier molecular flexibility index (Phi) is 5.90. The number of rotatable bonds is 6. The Balaban J connectivity index is 1.56. The summed E-state index contributed by atoms with van der Waals surface area (Å²) < 4.78 is 5.59. The fourth-order valence-corrected chi connectivity index (χ4v) is 2.69. The zero-order valence-electron chi connectivity index (χ0n) is 16.3. The second-order valence-electron chi connectivity index (χ2n) is 6.86. The van der Waals surface area contributed by atoms with Gasteiger partial charge in [-0.25, -0.2) is 0 Å². The number of amides is 1. The number of benzene rings is 3. The molecule has 1 N–H and O–H groups in total. The predicted molar refractivity (Wildman–Crippen MR) is 111 cm³/mol. The lowest BCUT2D eigenvalue weighted by atomic mass is 10.0. The van der Waals surface area contributed by atoms with E-state index in [9.17, 15) is 9.59 Å². The Morgan fingerprint density at radius 1 is 0.786 bits per heavy atom. The standard InChI is InChI=1S/C24H23NO3/c1-16-4-7-19(8-5-16)24(27)25-21-10-12-22(13-11-21)28-15-23(26)20-9-6-17(2)18(3)14-20/h4-14H,15H2,1-3H3,(H,25,27). The molecule has 0 radical (unpaired) electrons. The van der Waals surface area contributed by atoms with Gasteiger partial charge in [-0.1, -0.05) is 29.8 Å². The van der Waals surface area contributed by atoms with Crippen molar-refractivity contribution >= 4 is 17.4 Å². The van der Waals surface area contributed by atoms with E-state index in [4.69, 9.17) is 4.74 Å². The van der Waals surface area contributed by atoms with E-state index in [1.54, 1.807) is 36.4 Å². The molecular weight excluding hydrogens is 350 g/mol. The molecule has 3 aromatic carbocycles. The van der Waals surface area contributed by atoms with Crippen molar-refractivity contribution in [1.29, 1.82) is 0 Å². The van der Waals surface area contributed by atoms with Gasteiger partial charge in [-0.2, -0.15) is 0 Å². The van der Waals surface area contributed by atoms with E-state index >= 15 is 0 Å². The van der Waals surface area contributed by atoms with Gasteiger partial charge in [0.05, 0.1) is 0 Å². The third kappa shape index (κ3) is 4.86. The highest BCUT2D eigenvalue weighted by atomic mass is 16.5. The summed E-state index contributed by atoms with van der Waals surface area (Å²) in [5.74, 6) is 0.337. The Bertz CT molecular complexity index is 989. The normalized spacial score (nSPS) is 10.4. The second-order valence-corrected chi connectivity index (χ2v) is 6.86. The largest absolute Gasteiger partial charge is 0.485 e. The van der Waals surface area contributed by atoms with Crippen LogP contribution in [0, 0.1) is 20.8 Å². The summed E-state index contributed by atoms with van der Waals surface area (Å²) in [4.78, 5) is 24.5. The van der Waals surface area contributed by atoms with Crippen LogP contribution in [0.15, 0.2) is 66.7 Å². The fourth-order valence-electron chi connectivity index (χ4n) is 2.69. The first-order valence-electron chi connectivity index (χ1n) is 9.14. The van der Waals surface area contributed by atoms with Crippen LogP contribution in [-0.4, -0.2) is 18.3 Å². The van der Waals surface area contributed by atoms with Crippen molar-refractivity contribution in [2.75, 3.05) is 11.9 Å². The van der Waals surface area contributed by atoms with Crippen molar-refractivity contribution in [3.05, 3.63) is 94.5 Å². The van der Waals surface area contributed by atoms with Crippen molar-refractivity contribution in [3.63, 3.8) is 0 Å². The van der Waals surface area contributed by atoms with Gasteiger partial charge in [-0.15, -0.1) is 0 Å². The molecule has 0 aliphatic carbocycles. The molecule has 0 saturated heterocycles. The first-order valence-corrected chi connectivity index (χ1v) is 9.14.